The van der Waals surface area contributed by atoms with Gasteiger partial charge in [0.05, 0.1) is 19.0 Å². The van der Waals surface area contributed by atoms with Crippen molar-refractivity contribution in [3.05, 3.63) is 78.5 Å². The molecule has 4 aromatic rings. The first kappa shape index (κ1) is 24.4. The molecule has 2 fully saturated rings. The normalized spacial score (nSPS) is 16.4. The predicted molar refractivity (Wildman–Crippen MR) is 148 cm³/mol. The standard InChI is InChI=1S/C29H32FN7O/c1-19-14-22(5-6-24(19)20(2)35-10-12-36(13-11-35)23-16-31-17-23)34-28-29-33-18-26(37(29)9-8-32-28)21-4-7-27(38-3)25(30)15-21/h4-9,14-15,18,23,31H,2,10-13,16-17H2,1,3H3,(H,32,34). The quantitative estimate of drug-likeness (QED) is 0.385. The monoisotopic (exact) mass is 513 g/mol. The van der Waals surface area contributed by atoms with Gasteiger partial charge in [0.25, 0.3) is 0 Å². The van der Waals surface area contributed by atoms with Gasteiger partial charge in [0.2, 0.25) is 0 Å². The van der Waals surface area contributed by atoms with E-state index < -0.39 is 5.82 Å². The molecule has 0 aliphatic carbocycles. The van der Waals surface area contributed by atoms with Crippen LogP contribution in [0, 0.1) is 12.7 Å². The molecule has 0 unspecified atom stereocenters. The lowest BCUT2D eigenvalue weighted by atomic mass is 10.0. The van der Waals surface area contributed by atoms with Crippen LogP contribution < -0.4 is 15.4 Å². The van der Waals surface area contributed by atoms with Crippen LogP contribution in [0.2, 0.25) is 0 Å². The van der Waals surface area contributed by atoms with Gasteiger partial charge in [-0.05, 0) is 42.8 Å². The van der Waals surface area contributed by atoms with Gasteiger partial charge in [-0.3, -0.25) is 9.30 Å². The molecular formula is C29H32FN7O. The highest BCUT2D eigenvalue weighted by Gasteiger charge is 2.28. The van der Waals surface area contributed by atoms with Crippen LogP contribution >= 0.6 is 0 Å². The maximum Gasteiger partial charge on any atom is 0.180 e. The summed E-state index contributed by atoms with van der Waals surface area (Å²) < 4.78 is 21.3. The van der Waals surface area contributed by atoms with Crippen molar-refractivity contribution < 1.29 is 9.13 Å². The van der Waals surface area contributed by atoms with Gasteiger partial charge in [0.15, 0.2) is 23.0 Å². The van der Waals surface area contributed by atoms with Crippen molar-refractivity contribution in [2.75, 3.05) is 51.7 Å². The summed E-state index contributed by atoms with van der Waals surface area (Å²) in [4.78, 5) is 14.1. The fourth-order valence-electron chi connectivity index (χ4n) is 5.31. The van der Waals surface area contributed by atoms with Crippen LogP contribution in [0.3, 0.4) is 0 Å². The molecule has 2 aliphatic heterocycles. The number of anilines is 2. The Kier molecular flexibility index (Phi) is 6.47. The second kappa shape index (κ2) is 10.1. The molecule has 6 rings (SSSR count). The second-order valence-electron chi connectivity index (χ2n) is 9.90. The fourth-order valence-corrected chi connectivity index (χ4v) is 5.31. The number of fused-ring (bicyclic) bond motifs is 1. The molecule has 0 amide bonds. The summed E-state index contributed by atoms with van der Waals surface area (Å²) in [6.07, 6.45) is 5.26. The van der Waals surface area contributed by atoms with Crippen molar-refractivity contribution in [1.29, 1.82) is 0 Å². The van der Waals surface area contributed by atoms with E-state index >= 15 is 0 Å². The number of hydrogen-bond acceptors (Lipinski definition) is 7. The Labute approximate surface area is 221 Å². The van der Waals surface area contributed by atoms with Gasteiger partial charge < -0.3 is 20.3 Å². The molecule has 2 aromatic heterocycles. The van der Waals surface area contributed by atoms with Crippen LogP contribution in [0.15, 0.2) is 61.6 Å². The summed E-state index contributed by atoms with van der Waals surface area (Å²) in [6, 6.07) is 11.9. The Hall–Kier alpha value is -3.95. The number of aryl methyl sites for hydroxylation is 1. The molecule has 0 radical (unpaired) electrons. The smallest absolute Gasteiger partial charge is 0.180 e. The van der Waals surface area contributed by atoms with E-state index in [-0.39, 0.29) is 5.75 Å². The highest BCUT2D eigenvalue weighted by Crippen LogP contribution is 2.30. The predicted octanol–water partition coefficient (Wildman–Crippen LogP) is 4.16. The van der Waals surface area contributed by atoms with Crippen LogP contribution in [-0.2, 0) is 0 Å². The van der Waals surface area contributed by atoms with Gasteiger partial charge in [-0.1, -0.05) is 12.6 Å². The maximum absolute atomic E-state index is 14.3. The number of imidazole rings is 1. The number of nitrogens with zero attached hydrogens (tertiary/aromatic N) is 5. The number of aromatic nitrogens is 3. The highest BCUT2D eigenvalue weighted by atomic mass is 19.1. The van der Waals surface area contributed by atoms with Crippen molar-refractivity contribution in [3.63, 3.8) is 0 Å². The zero-order valence-corrected chi connectivity index (χ0v) is 21.7. The average Bonchev–Trinajstić information content (AvgIpc) is 3.33. The minimum Gasteiger partial charge on any atom is -0.494 e. The van der Waals surface area contributed by atoms with Gasteiger partial charge >= 0.3 is 0 Å². The van der Waals surface area contributed by atoms with Crippen LogP contribution in [-0.4, -0.2) is 76.6 Å². The molecule has 196 valence electrons. The third kappa shape index (κ3) is 4.48. The lowest BCUT2D eigenvalue weighted by Gasteiger charge is -2.44. The average molecular weight is 514 g/mol. The summed E-state index contributed by atoms with van der Waals surface area (Å²) >= 11 is 0. The molecule has 2 aromatic carbocycles. The van der Waals surface area contributed by atoms with E-state index in [0.29, 0.717) is 23.1 Å². The largest absolute Gasteiger partial charge is 0.494 e. The topological polar surface area (TPSA) is 70.0 Å². The van der Waals surface area contributed by atoms with Gasteiger partial charge in [0.1, 0.15) is 0 Å². The molecule has 9 heteroatoms. The van der Waals surface area contributed by atoms with Crippen molar-refractivity contribution in [1.82, 2.24) is 29.5 Å². The second-order valence-corrected chi connectivity index (χ2v) is 9.90. The maximum atomic E-state index is 14.3. The van der Waals surface area contributed by atoms with E-state index in [4.69, 9.17) is 4.74 Å². The third-order valence-corrected chi connectivity index (χ3v) is 7.65. The lowest BCUT2D eigenvalue weighted by molar-refractivity contribution is 0.0961. The first-order valence-corrected chi connectivity index (χ1v) is 12.9. The molecule has 2 saturated heterocycles. The first-order chi connectivity index (χ1) is 18.5. The molecule has 0 bridgehead atoms. The molecule has 4 heterocycles. The van der Waals surface area contributed by atoms with Crippen molar-refractivity contribution in [2.45, 2.75) is 13.0 Å². The van der Waals surface area contributed by atoms with Crippen molar-refractivity contribution in [3.8, 4) is 17.0 Å². The number of nitrogens with one attached hydrogen (secondary N) is 2. The molecule has 0 saturated carbocycles. The highest BCUT2D eigenvalue weighted by molar-refractivity contribution is 5.76. The molecular weight excluding hydrogens is 481 g/mol. The number of ether oxygens (including phenoxy) is 1. The zero-order chi connectivity index (χ0) is 26.2. The lowest BCUT2D eigenvalue weighted by Crippen LogP contribution is -2.61. The van der Waals surface area contributed by atoms with Crippen LogP contribution in [0.1, 0.15) is 11.1 Å². The molecule has 8 nitrogen and oxygen atoms in total. The van der Waals surface area contributed by atoms with Gasteiger partial charge in [-0.15, -0.1) is 0 Å². The molecule has 0 spiro atoms. The number of hydrogen-bond donors (Lipinski definition) is 2. The Balaban J connectivity index is 1.19. The SMILES string of the molecule is C=C(c1ccc(Nc2nccn3c(-c4ccc(OC)c(F)c4)cnc23)cc1C)N1CCN(C2CNC2)CC1. The Bertz CT molecular complexity index is 1490. The van der Waals surface area contributed by atoms with E-state index in [2.05, 4.69) is 62.1 Å². The minimum atomic E-state index is -0.415. The summed E-state index contributed by atoms with van der Waals surface area (Å²) in [5.41, 5.74) is 6.43. The number of rotatable bonds is 7. The van der Waals surface area contributed by atoms with E-state index in [1.165, 1.54) is 13.2 Å². The van der Waals surface area contributed by atoms with E-state index in [1.54, 1.807) is 18.5 Å². The minimum absolute atomic E-state index is 0.210. The number of piperazine rings is 1. The fraction of sp³-hybridized carbons (Fsp3) is 0.310. The molecule has 2 aliphatic rings. The number of benzene rings is 2. The van der Waals surface area contributed by atoms with Crippen molar-refractivity contribution in [2.24, 2.45) is 0 Å². The van der Waals surface area contributed by atoms with Gasteiger partial charge in [-0.25, -0.2) is 14.4 Å². The Morgan fingerprint density at radius 3 is 2.61 bits per heavy atom. The molecule has 0 atom stereocenters. The van der Waals surface area contributed by atoms with E-state index in [1.807, 2.05) is 16.7 Å². The summed E-state index contributed by atoms with van der Waals surface area (Å²) in [7, 11) is 1.45. The number of methoxy groups -OCH3 is 1. The van der Waals surface area contributed by atoms with Crippen LogP contribution in [0.25, 0.3) is 22.6 Å². The third-order valence-electron chi connectivity index (χ3n) is 7.65. The van der Waals surface area contributed by atoms with Crippen LogP contribution in [0.5, 0.6) is 5.75 Å². The molecule has 2 N–H and O–H groups in total. The first-order valence-electron chi connectivity index (χ1n) is 12.9. The van der Waals surface area contributed by atoms with Crippen LogP contribution in [0.4, 0.5) is 15.9 Å². The summed E-state index contributed by atoms with van der Waals surface area (Å²) in [5, 5.41) is 6.78. The van der Waals surface area contributed by atoms with Gasteiger partial charge in [0, 0.05) is 80.2 Å². The summed E-state index contributed by atoms with van der Waals surface area (Å²) in [6.45, 7) is 12.9. The van der Waals surface area contributed by atoms with E-state index in [9.17, 15) is 4.39 Å². The molecule has 38 heavy (non-hydrogen) atoms. The summed E-state index contributed by atoms with van der Waals surface area (Å²) in [5.74, 6) is 0.420. The van der Waals surface area contributed by atoms with Crippen molar-refractivity contribution >= 4 is 22.8 Å². The van der Waals surface area contributed by atoms with E-state index in [0.717, 1.165) is 67.5 Å². The Morgan fingerprint density at radius 2 is 1.92 bits per heavy atom. The van der Waals surface area contributed by atoms with Gasteiger partial charge in [-0.2, -0.15) is 0 Å². The Morgan fingerprint density at radius 1 is 1.11 bits per heavy atom. The zero-order valence-electron chi connectivity index (χ0n) is 21.7. The number of halogens is 1.